The number of rotatable bonds is 4. The zero-order valence-corrected chi connectivity index (χ0v) is 35.9. The molecule has 0 unspecified atom stereocenters. The van der Waals surface area contributed by atoms with Crippen LogP contribution in [0.1, 0.15) is 112 Å². The normalized spacial score (nSPS) is 10.0. The van der Waals surface area contributed by atoms with Crippen LogP contribution in [0.2, 0.25) is 13.1 Å². The van der Waals surface area contributed by atoms with Gasteiger partial charge in [0.15, 0.2) is 0 Å². The van der Waals surface area contributed by atoms with Crippen LogP contribution >= 0.6 is 0 Å². The van der Waals surface area contributed by atoms with Crippen molar-refractivity contribution in [1.82, 2.24) is 0 Å². The van der Waals surface area contributed by atoms with Crippen molar-refractivity contribution in [2.75, 3.05) is 0 Å². The van der Waals surface area contributed by atoms with E-state index in [-0.39, 0.29) is 81.3 Å². The Balaban J connectivity index is -0.000000267. The Kier molecular flexibility index (Phi) is 26.5. The van der Waals surface area contributed by atoms with E-state index in [9.17, 15) is 0 Å². The molecule has 0 fully saturated rings. The van der Waals surface area contributed by atoms with Gasteiger partial charge in [-0.1, -0.05) is 104 Å². The minimum absolute atomic E-state index is 0. The maximum Gasteiger partial charge on any atom is 4.00 e. The molecule has 41 heavy (non-hydrogen) atoms. The zero-order valence-electron chi connectivity index (χ0n) is 26.9. The molecular weight excluding hydrogens is 761 g/mol. The number of aryl methyl sites for hydroxylation is 2. The minimum Gasteiger partial charge on any atom is -1.00 e. The average molecular weight is 809 g/mol. The van der Waals surface area contributed by atoms with E-state index in [0.29, 0.717) is 23.7 Å². The summed E-state index contributed by atoms with van der Waals surface area (Å²) in [4.78, 5) is 0. The van der Waals surface area contributed by atoms with Gasteiger partial charge in [-0.3, -0.25) is 0 Å². The maximum absolute atomic E-state index is 2.39. The second-order valence-electron chi connectivity index (χ2n) is 11.9. The third-order valence-corrected chi connectivity index (χ3v) is 6.62. The van der Waals surface area contributed by atoms with Crippen molar-refractivity contribution >= 4 is 27.0 Å². The number of hydrogen-bond donors (Lipinski definition) is 0. The minimum atomic E-state index is 0. The first-order valence-electron chi connectivity index (χ1n) is 13.6. The fourth-order valence-electron chi connectivity index (χ4n) is 4.67. The molecule has 0 atom stereocenters. The van der Waals surface area contributed by atoms with Gasteiger partial charge in [-0.2, -0.15) is 12.1 Å². The first-order valence-corrected chi connectivity index (χ1v) is 19.8. The smallest absolute Gasteiger partial charge is 1.00 e. The number of fused-ring (bicyclic) bond motifs is 2. The molecule has 4 aromatic rings. The van der Waals surface area contributed by atoms with Crippen LogP contribution in [-0.2, 0) is 49.5 Å². The van der Waals surface area contributed by atoms with Crippen molar-refractivity contribution < 1.29 is 99.2 Å². The Morgan fingerprint density at radius 2 is 0.805 bits per heavy atom. The largest absolute Gasteiger partial charge is 4.00 e. The summed E-state index contributed by atoms with van der Waals surface area (Å²) < 4.78 is 0. The topological polar surface area (TPSA) is 0 Å². The third kappa shape index (κ3) is 14.6. The molecule has 0 aliphatic heterocycles. The monoisotopic (exact) mass is 804 g/mol. The van der Waals surface area contributed by atoms with E-state index in [2.05, 4.69) is 131 Å². The van der Waals surface area contributed by atoms with Gasteiger partial charge in [0.25, 0.3) is 0 Å². The Hall–Kier alpha value is 0.803. The van der Waals surface area contributed by atoms with Gasteiger partial charge in [-0.05, 0) is 23.7 Å². The van der Waals surface area contributed by atoms with Gasteiger partial charge in [0.1, 0.15) is 0 Å². The van der Waals surface area contributed by atoms with Crippen molar-refractivity contribution in [2.45, 2.75) is 106 Å². The Morgan fingerprint density at radius 1 is 0.537 bits per heavy atom. The standard InChI is InChI=1S/2C16H21.C2H6Si.4ClH.2Zr/c2*1-10(2)13-8-14-6-12(5)7-16(14)15(9-13)11(3)4;1-3-2;;;;;;/h2*6-11H,1-5H3;1-2H3;4*1H;;/q2*-1;;;;;;+2;+4/p-4. The summed E-state index contributed by atoms with van der Waals surface area (Å²) in [6, 6.07) is 18.7. The van der Waals surface area contributed by atoms with Gasteiger partial charge < -0.3 is 49.6 Å². The molecular formula is C34H48Cl4SiZr2. The molecule has 224 valence electrons. The summed E-state index contributed by atoms with van der Waals surface area (Å²) in [6.07, 6.45) is 0. The Labute approximate surface area is 310 Å². The first kappa shape index (κ1) is 48.7. The molecule has 0 spiro atoms. The summed E-state index contributed by atoms with van der Waals surface area (Å²) in [6.45, 7) is 27.2. The van der Waals surface area contributed by atoms with E-state index in [1.165, 1.54) is 54.9 Å². The van der Waals surface area contributed by atoms with Gasteiger partial charge in [0.05, 0.1) is 0 Å². The van der Waals surface area contributed by atoms with Gasteiger partial charge in [0, 0.05) is 0 Å². The van der Waals surface area contributed by atoms with Crippen LogP contribution in [-0.4, -0.2) is 5.43 Å². The third-order valence-electron chi connectivity index (χ3n) is 6.62. The molecule has 0 saturated heterocycles. The van der Waals surface area contributed by atoms with Gasteiger partial charge in [-0.25, -0.2) is 0 Å². The van der Waals surface area contributed by atoms with E-state index in [0.717, 1.165) is 0 Å². The van der Waals surface area contributed by atoms with Crippen LogP contribution < -0.4 is 49.6 Å². The fourth-order valence-corrected chi connectivity index (χ4v) is 4.67. The quantitative estimate of drug-likeness (QED) is 0.184. The molecule has 0 nitrogen and oxygen atoms in total. The second kappa shape index (κ2) is 22.3. The molecule has 7 heteroatoms. The molecule has 0 radical (unpaired) electrons. The molecule has 0 bridgehead atoms. The average Bonchev–Trinajstić information content (AvgIpc) is 3.32. The maximum atomic E-state index is 2.39. The zero-order chi connectivity index (χ0) is 27.3. The van der Waals surface area contributed by atoms with Crippen molar-refractivity contribution in [3.8, 4) is 0 Å². The van der Waals surface area contributed by atoms with Crippen molar-refractivity contribution in [1.29, 1.82) is 0 Å². The predicted octanol–water partition coefficient (Wildman–Crippen LogP) is -0.974. The van der Waals surface area contributed by atoms with Crippen LogP contribution in [0.4, 0.5) is 0 Å². The van der Waals surface area contributed by atoms with Crippen molar-refractivity contribution in [3.63, 3.8) is 0 Å². The van der Waals surface area contributed by atoms with E-state index in [4.69, 9.17) is 0 Å². The van der Waals surface area contributed by atoms with Gasteiger partial charge in [0.2, 0.25) is 0 Å². The number of benzene rings is 2. The van der Waals surface area contributed by atoms with Crippen LogP contribution in [0.3, 0.4) is 0 Å². The Bertz CT molecular complexity index is 1220. The van der Waals surface area contributed by atoms with Crippen LogP contribution in [0.5, 0.6) is 0 Å². The molecule has 4 rings (SSSR count). The second-order valence-corrected chi connectivity index (χ2v) is 21.3. The summed E-state index contributed by atoms with van der Waals surface area (Å²) in [5, 5.41) is 5.70. The van der Waals surface area contributed by atoms with Crippen LogP contribution in [0.15, 0.2) is 48.5 Å². The SMILES string of the molecule is C[Si](C)=[Zr+2].Cc1cc2c(C(C)C)cc(C(C)C)cc2[cH-]1.Cc1cc2c(C(C)C)cc(C(C)C)cc2[cH-]1.[Cl-].[Cl-].[Cl-].[Cl-].[Zr+4]. The van der Waals surface area contributed by atoms with E-state index in [1.807, 2.05) is 0 Å². The summed E-state index contributed by atoms with van der Waals surface area (Å²) in [7, 11) is 0. The molecule has 0 aliphatic rings. The fraction of sp³-hybridized carbons (Fsp3) is 0.471. The summed E-state index contributed by atoms with van der Waals surface area (Å²) in [5.41, 5.74) is 8.87. The Morgan fingerprint density at radius 3 is 1.02 bits per heavy atom. The number of hydrogen-bond acceptors (Lipinski definition) is 0. The van der Waals surface area contributed by atoms with Crippen LogP contribution in [0.25, 0.3) is 21.5 Å². The predicted molar refractivity (Wildman–Crippen MR) is 162 cm³/mol. The van der Waals surface area contributed by atoms with Gasteiger partial charge >= 0.3 is 68.1 Å². The molecule has 0 amide bonds. The van der Waals surface area contributed by atoms with Crippen molar-refractivity contribution in [3.05, 3.63) is 81.9 Å². The molecule has 0 saturated carbocycles. The van der Waals surface area contributed by atoms with Crippen LogP contribution in [0, 0.1) is 13.8 Å². The molecule has 0 N–H and O–H groups in total. The van der Waals surface area contributed by atoms with Gasteiger partial charge in [-0.15, -0.1) is 56.9 Å². The number of halogens is 4. The first-order chi connectivity index (χ1) is 16.7. The van der Waals surface area contributed by atoms with E-state index in [1.54, 1.807) is 23.3 Å². The van der Waals surface area contributed by atoms with Crippen molar-refractivity contribution in [2.24, 2.45) is 0 Å². The molecule has 4 aromatic carbocycles. The molecule has 0 aliphatic carbocycles. The van der Waals surface area contributed by atoms with E-state index >= 15 is 0 Å². The van der Waals surface area contributed by atoms with E-state index < -0.39 is 0 Å². The molecule has 0 heterocycles. The summed E-state index contributed by atoms with van der Waals surface area (Å²) >= 11 is 1.74. The summed E-state index contributed by atoms with van der Waals surface area (Å²) in [5.74, 6) is 2.42. The molecule has 0 aromatic heterocycles.